The normalized spacial score (nSPS) is 11.0. The number of nitrogens with one attached hydrogen (secondary N) is 1. The molecule has 130 valence electrons. The summed E-state index contributed by atoms with van der Waals surface area (Å²) in [6.07, 6.45) is 4.35. The maximum atomic E-state index is 12.6. The molecule has 1 aromatic heterocycles. The molecule has 25 heavy (non-hydrogen) atoms. The Hall–Kier alpha value is -2.26. The number of aromatic amines is 1. The molecule has 0 aliphatic rings. The third kappa shape index (κ3) is 4.23. The van der Waals surface area contributed by atoms with Gasteiger partial charge < -0.3 is 9.88 Å². The number of nitrogens with zero attached hydrogens (tertiary/aromatic N) is 1. The fourth-order valence-electron chi connectivity index (χ4n) is 3.14. The predicted octanol–water partition coefficient (Wildman–Crippen LogP) is 5.19. The Morgan fingerprint density at radius 2 is 1.84 bits per heavy atom. The van der Waals surface area contributed by atoms with Gasteiger partial charge in [0.15, 0.2) is 0 Å². The van der Waals surface area contributed by atoms with Gasteiger partial charge in [-0.2, -0.15) is 0 Å². The highest BCUT2D eigenvalue weighted by Gasteiger charge is 2.13. The van der Waals surface area contributed by atoms with Gasteiger partial charge >= 0.3 is 0 Å². The summed E-state index contributed by atoms with van der Waals surface area (Å²) in [4.78, 5) is 17.7. The number of benzene rings is 2. The summed E-state index contributed by atoms with van der Waals surface area (Å²) in [7, 11) is 0. The second-order valence-electron chi connectivity index (χ2n) is 6.21. The number of rotatable bonds is 7. The second kappa shape index (κ2) is 8.21. The molecule has 1 amide bonds. The van der Waals surface area contributed by atoms with Gasteiger partial charge in [-0.05, 0) is 43.0 Å². The van der Waals surface area contributed by atoms with E-state index in [0.717, 1.165) is 23.9 Å². The first-order valence-corrected chi connectivity index (χ1v) is 9.13. The van der Waals surface area contributed by atoms with Gasteiger partial charge in [0, 0.05) is 41.6 Å². The number of H-pyrrole nitrogens is 1. The van der Waals surface area contributed by atoms with E-state index in [1.165, 1.54) is 10.9 Å². The van der Waals surface area contributed by atoms with Crippen molar-refractivity contribution in [3.8, 4) is 0 Å². The number of halogens is 1. The SMILES string of the molecule is CCN(Cc1ccccc1Cl)C(=O)CCCc1c[nH]c2ccccc12. The van der Waals surface area contributed by atoms with Crippen molar-refractivity contribution in [1.82, 2.24) is 9.88 Å². The number of carbonyl (C=O) groups is 1. The van der Waals surface area contributed by atoms with E-state index in [2.05, 4.69) is 23.3 Å². The Bertz CT molecular complexity index is 856. The number of hydrogen-bond acceptors (Lipinski definition) is 1. The van der Waals surface area contributed by atoms with Crippen LogP contribution >= 0.6 is 11.6 Å². The zero-order valence-electron chi connectivity index (χ0n) is 14.5. The average Bonchev–Trinajstić information content (AvgIpc) is 3.04. The van der Waals surface area contributed by atoms with Crippen LogP contribution in [-0.4, -0.2) is 22.3 Å². The summed E-state index contributed by atoms with van der Waals surface area (Å²) < 4.78 is 0. The summed E-state index contributed by atoms with van der Waals surface area (Å²) in [6.45, 7) is 3.27. The van der Waals surface area contributed by atoms with E-state index in [1.807, 2.05) is 48.2 Å². The lowest BCUT2D eigenvalue weighted by Gasteiger charge is -2.21. The number of aromatic nitrogens is 1. The van der Waals surface area contributed by atoms with E-state index >= 15 is 0 Å². The molecule has 4 heteroatoms. The van der Waals surface area contributed by atoms with Crippen molar-refractivity contribution in [2.24, 2.45) is 0 Å². The zero-order valence-corrected chi connectivity index (χ0v) is 15.2. The molecule has 2 aromatic carbocycles. The fraction of sp³-hybridized carbons (Fsp3) is 0.286. The zero-order chi connectivity index (χ0) is 17.6. The van der Waals surface area contributed by atoms with Crippen molar-refractivity contribution in [1.29, 1.82) is 0 Å². The Morgan fingerprint density at radius 1 is 1.08 bits per heavy atom. The van der Waals surface area contributed by atoms with Crippen molar-refractivity contribution in [3.05, 3.63) is 70.9 Å². The summed E-state index contributed by atoms with van der Waals surface area (Å²) in [5, 5.41) is 1.96. The number of amides is 1. The van der Waals surface area contributed by atoms with Crippen LogP contribution in [0.15, 0.2) is 54.7 Å². The smallest absolute Gasteiger partial charge is 0.222 e. The number of para-hydroxylation sites is 1. The monoisotopic (exact) mass is 354 g/mol. The molecule has 3 aromatic rings. The summed E-state index contributed by atoms with van der Waals surface area (Å²) >= 11 is 6.22. The number of hydrogen-bond donors (Lipinski definition) is 1. The number of aryl methyl sites for hydroxylation is 1. The minimum Gasteiger partial charge on any atom is -0.361 e. The van der Waals surface area contributed by atoms with E-state index in [1.54, 1.807) is 0 Å². The molecule has 0 bridgehead atoms. The molecule has 0 spiro atoms. The third-order valence-electron chi connectivity index (χ3n) is 4.57. The van der Waals surface area contributed by atoms with Gasteiger partial charge in [0.2, 0.25) is 5.91 Å². The molecule has 0 saturated heterocycles. The van der Waals surface area contributed by atoms with Crippen molar-refractivity contribution in [3.63, 3.8) is 0 Å². The van der Waals surface area contributed by atoms with Crippen LogP contribution in [0.2, 0.25) is 5.02 Å². The molecular weight excluding hydrogens is 332 g/mol. The largest absolute Gasteiger partial charge is 0.361 e. The summed E-state index contributed by atoms with van der Waals surface area (Å²) in [5.74, 6) is 0.183. The first-order chi connectivity index (χ1) is 12.2. The Balaban J connectivity index is 1.56. The topological polar surface area (TPSA) is 36.1 Å². The van der Waals surface area contributed by atoms with Crippen LogP contribution in [0.5, 0.6) is 0 Å². The minimum atomic E-state index is 0.183. The third-order valence-corrected chi connectivity index (χ3v) is 4.93. The van der Waals surface area contributed by atoms with Crippen molar-refractivity contribution in [2.75, 3.05) is 6.54 Å². The van der Waals surface area contributed by atoms with Crippen LogP contribution in [0, 0.1) is 0 Å². The fourth-order valence-corrected chi connectivity index (χ4v) is 3.33. The van der Waals surface area contributed by atoms with E-state index in [-0.39, 0.29) is 5.91 Å². The van der Waals surface area contributed by atoms with Crippen LogP contribution in [-0.2, 0) is 17.8 Å². The molecule has 1 heterocycles. The van der Waals surface area contributed by atoms with Gasteiger partial charge in [0.05, 0.1) is 0 Å². The lowest BCUT2D eigenvalue weighted by molar-refractivity contribution is -0.131. The van der Waals surface area contributed by atoms with Gasteiger partial charge in [0.25, 0.3) is 0 Å². The van der Waals surface area contributed by atoms with Crippen LogP contribution in [0.4, 0.5) is 0 Å². The van der Waals surface area contributed by atoms with Gasteiger partial charge in [-0.25, -0.2) is 0 Å². The molecule has 0 unspecified atom stereocenters. The first-order valence-electron chi connectivity index (χ1n) is 8.75. The average molecular weight is 355 g/mol. The molecule has 1 N–H and O–H groups in total. The van der Waals surface area contributed by atoms with Gasteiger partial charge in [-0.1, -0.05) is 48.0 Å². The molecule has 0 aliphatic carbocycles. The van der Waals surface area contributed by atoms with Gasteiger partial charge in [-0.3, -0.25) is 4.79 Å². The number of fused-ring (bicyclic) bond motifs is 1. The first kappa shape index (κ1) is 17.6. The number of carbonyl (C=O) groups excluding carboxylic acids is 1. The quantitative estimate of drug-likeness (QED) is 0.622. The lowest BCUT2D eigenvalue weighted by atomic mass is 10.1. The van der Waals surface area contributed by atoms with Crippen molar-refractivity contribution >= 4 is 28.4 Å². The van der Waals surface area contributed by atoms with Crippen LogP contribution in [0.25, 0.3) is 10.9 Å². The molecule has 0 atom stereocenters. The highest BCUT2D eigenvalue weighted by Crippen LogP contribution is 2.20. The van der Waals surface area contributed by atoms with Gasteiger partial charge in [0.1, 0.15) is 0 Å². The Labute approximate surface area is 153 Å². The Kier molecular flexibility index (Phi) is 5.77. The second-order valence-corrected chi connectivity index (χ2v) is 6.62. The standard InChI is InChI=1S/C21H23ClN2O/c1-2-24(15-17-8-3-5-11-19(17)22)21(25)13-7-9-16-14-23-20-12-6-4-10-18(16)20/h3-6,8,10-12,14,23H,2,7,9,13,15H2,1H3. The van der Waals surface area contributed by atoms with E-state index in [0.29, 0.717) is 24.5 Å². The van der Waals surface area contributed by atoms with Crippen molar-refractivity contribution < 1.29 is 4.79 Å². The van der Waals surface area contributed by atoms with Crippen molar-refractivity contribution in [2.45, 2.75) is 32.7 Å². The van der Waals surface area contributed by atoms with Gasteiger partial charge in [-0.15, -0.1) is 0 Å². The van der Waals surface area contributed by atoms with Crippen LogP contribution in [0.3, 0.4) is 0 Å². The van der Waals surface area contributed by atoms with Crippen LogP contribution in [0.1, 0.15) is 30.9 Å². The van der Waals surface area contributed by atoms with E-state index in [4.69, 9.17) is 11.6 Å². The van der Waals surface area contributed by atoms with Crippen LogP contribution < -0.4 is 0 Å². The molecule has 0 aliphatic heterocycles. The summed E-state index contributed by atoms with van der Waals surface area (Å²) in [6, 6.07) is 16.0. The molecule has 0 saturated carbocycles. The maximum Gasteiger partial charge on any atom is 0.222 e. The molecular formula is C21H23ClN2O. The van der Waals surface area contributed by atoms with E-state index < -0.39 is 0 Å². The molecule has 0 radical (unpaired) electrons. The summed E-state index contributed by atoms with van der Waals surface area (Å²) in [5.41, 5.74) is 3.42. The predicted molar refractivity (Wildman–Crippen MR) is 104 cm³/mol. The lowest BCUT2D eigenvalue weighted by Crippen LogP contribution is -2.30. The maximum absolute atomic E-state index is 12.6. The minimum absolute atomic E-state index is 0.183. The highest BCUT2D eigenvalue weighted by molar-refractivity contribution is 6.31. The highest BCUT2D eigenvalue weighted by atomic mass is 35.5. The Morgan fingerprint density at radius 3 is 2.64 bits per heavy atom. The van der Waals surface area contributed by atoms with E-state index in [9.17, 15) is 4.79 Å². The molecule has 0 fully saturated rings. The molecule has 3 rings (SSSR count). The molecule has 3 nitrogen and oxygen atoms in total.